The van der Waals surface area contributed by atoms with Crippen LogP contribution >= 0.6 is 0 Å². The molecule has 1 unspecified atom stereocenters. The number of ether oxygens (including phenoxy) is 1. The van der Waals surface area contributed by atoms with Gasteiger partial charge in [-0.2, -0.15) is 0 Å². The summed E-state index contributed by atoms with van der Waals surface area (Å²) in [6.07, 6.45) is 9.66. The largest absolute Gasteiger partial charge is 0.490 e. The number of amides is 1. The Kier molecular flexibility index (Phi) is 4.89. The van der Waals surface area contributed by atoms with Crippen LogP contribution in [-0.4, -0.2) is 34.0 Å². The van der Waals surface area contributed by atoms with Gasteiger partial charge in [-0.3, -0.25) is 9.78 Å². The molecular formula is C28H30N2O2. The van der Waals surface area contributed by atoms with E-state index in [4.69, 9.17) is 4.74 Å². The Balaban J connectivity index is 1.17. The fourth-order valence-corrected chi connectivity index (χ4v) is 5.84. The summed E-state index contributed by atoms with van der Waals surface area (Å²) < 4.78 is 6.44. The summed E-state index contributed by atoms with van der Waals surface area (Å²) in [5, 5.41) is 1.17. The third kappa shape index (κ3) is 3.56. The molecule has 4 nitrogen and oxygen atoms in total. The molecule has 1 amide bonds. The van der Waals surface area contributed by atoms with Gasteiger partial charge >= 0.3 is 0 Å². The second kappa shape index (κ2) is 7.91. The lowest BCUT2D eigenvalue weighted by Crippen LogP contribution is -2.57. The zero-order valence-electron chi connectivity index (χ0n) is 18.7. The van der Waals surface area contributed by atoms with Crippen molar-refractivity contribution in [3.05, 3.63) is 60.3 Å². The number of hydrogen-bond donors (Lipinski definition) is 0. The maximum absolute atomic E-state index is 12.8. The molecule has 2 saturated heterocycles. The summed E-state index contributed by atoms with van der Waals surface area (Å²) >= 11 is 0. The van der Waals surface area contributed by atoms with Gasteiger partial charge in [0, 0.05) is 42.4 Å². The molecule has 2 bridgehead atoms. The Bertz CT molecular complexity index is 1140. The molecule has 3 aromatic rings. The number of piperidine rings is 2. The first-order valence-electron chi connectivity index (χ1n) is 12.1. The van der Waals surface area contributed by atoms with Gasteiger partial charge in [0.2, 0.25) is 5.91 Å². The number of rotatable bonds is 4. The van der Waals surface area contributed by atoms with E-state index >= 15 is 0 Å². The second-order valence-corrected chi connectivity index (χ2v) is 9.81. The highest BCUT2D eigenvalue weighted by atomic mass is 16.5. The van der Waals surface area contributed by atoms with Crippen molar-refractivity contribution >= 4 is 16.8 Å². The zero-order valence-corrected chi connectivity index (χ0v) is 18.7. The monoisotopic (exact) mass is 426 g/mol. The number of aromatic nitrogens is 1. The summed E-state index contributed by atoms with van der Waals surface area (Å²) in [4.78, 5) is 19.6. The highest BCUT2D eigenvalue weighted by molar-refractivity contribution is 5.88. The van der Waals surface area contributed by atoms with Gasteiger partial charge < -0.3 is 9.64 Å². The minimum atomic E-state index is 0.200. The highest BCUT2D eigenvalue weighted by Crippen LogP contribution is 2.41. The quantitative estimate of drug-likeness (QED) is 0.521. The van der Waals surface area contributed by atoms with E-state index in [1.54, 1.807) is 0 Å². The minimum absolute atomic E-state index is 0.200. The third-order valence-electron chi connectivity index (χ3n) is 7.61. The van der Waals surface area contributed by atoms with Crippen molar-refractivity contribution in [1.82, 2.24) is 9.88 Å². The van der Waals surface area contributed by atoms with Crippen molar-refractivity contribution < 1.29 is 9.53 Å². The van der Waals surface area contributed by atoms with Crippen molar-refractivity contribution in [2.45, 2.75) is 70.1 Å². The molecule has 0 spiro atoms. The van der Waals surface area contributed by atoms with Crippen LogP contribution in [0.25, 0.3) is 22.0 Å². The van der Waals surface area contributed by atoms with E-state index < -0.39 is 0 Å². The van der Waals surface area contributed by atoms with Crippen molar-refractivity contribution in [2.24, 2.45) is 5.92 Å². The number of benzene rings is 2. The van der Waals surface area contributed by atoms with E-state index in [1.165, 1.54) is 28.5 Å². The number of fused-ring (bicyclic) bond motifs is 3. The minimum Gasteiger partial charge on any atom is -0.490 e. The molecule has 1 aromatic heterocycles. The molecule has 3 heterocycles. The molecule has 0 radical (unpaired) electrons. The average molecular weight is 427 g/mol. The number of pyridine rings is 1. The van der Waals surface area contributed by atoms with Crippen LogP contribution in [0.4, 0.5) is 0 Å². The first-order valence-corrected chi connectivity index (χ1v) is 12.1. The summed E-state index contributed by atoms with van der Waals surface area (Å²) in [5.74, 6) is 1.66. The number of carbonyl (C=O) groups is 1. The van der Waals surface area contributed by atoms with Crippen molar-refractivity contribution in [1.29, 1.82) is 0 Å². The van der Waals surface area contributed by atoms with Crippen LogP contribution < -0.4 is 4.74 Å². The Morgan fingerprint density at radius 3 is 2.44 bits per heavy atom. The van der Waals surface area contributed by atoms with E-state index in [0.29, 0.717) is 23.9 Å². The van der Waals surface area contributed by atoms with Gasteiger partial charge in [0.15, 0.2) is 0 Å². The molecular weight excluding hydrogens is 396 g/mol. The fraction of sp³-hybridized carbons (Fsp3) is 0.429. The third-order valence-corrected chi connectivity index (χ3v) is 7.61. The maximum Gasteiger partial charge on any atom is 0.226 e. The number of carbonyl (C=O) groups excluding carboxylic acids is 1. The predicted molar refractivity (Wildman–Crippen MR) is 127 cm³/mol. The van der Waals surface area contributed by atoms with Crippen LogP contribution in [-0.2, 0) is 4.79 Å². The van der Waals surface area contributed by atoms with Crippen molar-refractivity contribution in [3.63, 3.8) is 0 Å². The Labute approximate surface area is 189 Å². The SMILES string of the molecule is Cc1c(-c2ccc(OC3C[C@H]4CCC[C@@H](C3)N4C(=O)C3CC3)cc2)ccc2cccnc12. The Morgan fingerprint density at radius 2 is 1.72 bits per heavy atom. The molecule has 6 rings (SSSR count). The first kappa shape index (κ1) is 19.8. The smallest absolute Gasteiger partial charge is 0.226 e. The van der Waals surface area contributed by atoms with Gasteiger partial charge in [-0.15, -0.1) is 0 Å². The van der Waals surface area contributed by atoms with E-state index in [1.807, 2.05) is 12.3 Å². The molecule has 32 heavy (non-hydrogen) atoms. The average Bonchev–Trinajstić information content (AvgIpc) is 3.65. The van der Waals surface area contributed by atoms with Gasteiger partial charge in [0.1, 0.15) is 11.9 Å². The molecule has 164 valence electrons. The lowest BCUT2D eigenvalue weighted by Gasteiger charge is -2.48. The van der Waals surface area contributed by atoms with Crippen LogP contribution in [0, 0.1) is 12.8 Å². The van der Waals surface area contributed by atoms with E-state index in [9.17, 15) is 4.79 Å². The molecule has 2 aromatic carbocycles. The molecule has 1 saturated carbocycles. The highest BCUT2D eigenvalue weighted by Gasteiger charge is 2.45. The maximum atomic E-state index is 12.8. The van der Waals surface area contributed by atoms with Gasteiger partial charge in [0.05, 0.1) is 5.52 Å². The van der Waals surface area contributed by atoms with Crippen molar-refractivity contribution in [2.75, 3.05) is 0 Å². The van der Waals surface area contributed by atoms with Crippen LogP contribution in [0.15, 0.2) is 54.7 Å². The summed E-state index contributed by atoms with van der Waals surface area (Å²) in [6.45, 7) is 2.14. The van der Waals surface area contributed by atoms with E-state index in [2.05, 4.69) is 59.3 Å². The lowest BCUT2D eigenvalue weighted by atomic mass is 9.82. The topological polar surface area (TPSA) is 42.4 Å². The number of hydrogen-bond acceptors (Lipinski definition) is 3. The summed E-state index contributed by atoms with van der Waals surface area (Å²) in [6, 6.07) is 17.6. The number of aryl methyl sites for hydroxylation is 1. The first-order chi connectivity index (χ1) is 15.7. The Hall–Kier alpha value is -2.88. The van der Waals surface area contributed by atoms with Crippen LogP contribution in [0.1, 0.15) is 50.5 Å². The molecule has 3 atom stereocenters. The molecule has 3 fully saturated rings. The van der Waals surface area contributed by atoms with Gasteiger partial charge in [0.25, 0.3) is 0 Å². The zero-order chi connectivity index (χ0) is 21.7. The molecule has 0 N–H and O–H groups in total. The summed E-state index contributed by atoms with van der Waals surface area (Å²) in [5.41, 5.74) is 4.66. The lowest BCUT2D eigenvalue weighted by molar-refractivity contribution is -0.144. The van der Waals surface area contributed by atoms with Gasteiger partial charge in [-0.1, -0.05) is 30.3 Å². The van der Waals surface area contributed by atoms with Crippen LogP contribution in [0.5, 0.6) is 5.75 Å². The van der Waals surface area contributed by atoms with Crippen LogP contribution in [0.2, 0.25) is 0 Å². The van der Waals surface area contributed by atoms with Crippen LogP contribution in [0.3, 0.4) is 0 Å². The number of nitrogens with zero attached hydrogens (tertiary/aromatic N) is 2. The molecule has 2 aliphatic heterocycles. The molecule has 4 heteroatoms. The fourth-order valence-electron chi connectivity index (χ4n) is 5.84. The van der Waals surface area contributed by atoms with Gasteiger partial charge in [-0.05, 0) is 73.9 Å². The molecule has 1 aliphatic carbocycles. The molecule has 3 aliphatic rings. The van der Waals surface area contributed by atoms with E-state index in [0.717, 1.165) is 49.8 Å². The summed E-state index contributed by atoms with van der Waals surface area (Å²) in [7, 11) is 0. The van der Waals surface area contributed by atoms with Gasteiger partial charge in [-0.25, -0.2) is 0 Å². The second-order valence-electron chi connectivity index (χ2n) is 9.81. The standard InChI is InChI=1S/C28H30N2O2/c1-18-26(14-11-20-4-3-15-29-27(18)20)19-9-12-24(13-10-19)32-25-16-22-5-2-6-23(17-25)30(22)28(31)21-7-8-21/h3-4,9-15,21-23,25H,2,5-8,16-17H2,1H3/t22-,23+,25?. The normalized spacial score (nSPS) is 25.0. The van der Waals surface area contributed by atoms with Crippen molar-refractivity contribution in [3.8, 4) is 16.9 Å². The predicted octanol–water partition coefficient (Wildman–Crippen LogP) is 5.91. The Morgan fingerprint density at radius 1 is 0.969 bits per heavy atom. The van der Waals surface area contributed by atoms with E-state index in [-0.39, 0.29) is 6.10 Å².